The van der Waals surface area contributed by atoms with E-state index in [1.807, 2.05) is 13.0 Å². The fourth-order valence-electron chi connectivity index (χ4n) is 1.92. The van der Waals surface area contributed by atoms with Gasteiger partial charge in [0.15, 0.2) is 0 Å². The van der Waals surface area contributed by atoms with Gasteiger partial charge in [0.2, 0.25) is 0 Å². The molecule has 1 unspecified atom stereocenters. The number of aliphatic hydroxyl groups excluding tert-OH is 1. The summed E-state index contributed by atoms with van der Waals surface area (Å²) < 4.78 is 0. The first-order valence-corrected chi connectivity index (χ1v) is 7.10. The SMILES string of the molecule is Cc1csc(CCC(O)c2ccc(C)c(C)c2)n1. The Bertz CT molecular complexity index is 533. The number of benzene rings is 1. The van der Waals surface area contributed by atoms with Gasteiger partial charge in [0.05, 0.1) is 11.1 Å². The van der Waals surface area contributed by atoms with E-state index < -0.39 is 6.10 Å². The molecule has 0 spiro atoms. The van der Waals surface area contributed by atoms with E-state index in [9.17, 15) is 5.11 Å². The summed E-state index contributed by atoms with van der Waals surface area (Å²) in [6.07, 6.45) is 1.18. The van der Waals surface area contributed by atoms with Gasteiger partial charge in [0, 0.05) is 17.5 Å². The van der Waals surface area contributed by atoms with Gasteiger partial charge in [-0.3, -0.25) is 0 Å². The number of aromatic nitrogens is 1. The van der Waals surface area contributed by atoms with E-state index in [1.165, 1.54) is 11.1 Å². The second kappa shape index (κ2) is 5.63. The van der Waals surface area contributed by atoms with Crippen LogP contribution < -0.4 is 0 Å². The van der Waals surface area contributed by atoms with Gasteiger partial charge in [-0.2, -0.15) is 0 Å². The van der Waals surface area contributed by atoms with Crippen molar-refractivity contribution in [1.82, 2.24) is 4.98 Å². The molecule has 0 radical (unpaired) electrons. The minimum atomic E-state index is -0.395. The topological polar surface area (TPSA) is 33.1 Å². The molecule has 2 aromatic rings. The lowest BCUT2D eigenvalue weighted by molar-refractivity contribution is 0.167. The van der Waals surface area contributed by atoms with Gasteiger partial charge >= 0.3 is 0 Å². The fraction of sp³-hybridized carbons (Fsp3) is 0.400. The van der Waals surface area contributed by atoms with E-state index in [1.54, 1.807) is 11.3 Å². The van der Waals surface area contributed by atoms with Crippen molar-refractivity contribution < 1.29 is 5.11 Å². The molecule has 1 heterocycles. The Morgan fingerprint density at radius 3 is 2.61 bits per heavy atom. The molecule has 0 aliphatic carbocycles. The van der Waals surface area contributed by atoms with Gasteiger partial charge in [0.1, 0.15) is 0 Å². The van der Waals surface area contributed by atoms with Crippen molar-refractivity contribution in [2.24, 2.45) is 0 Å². The number of rotatable bonds is 4. The highest BCUT2D eigenvalue weighted by atomic mass is 32.1. The minimum Gasteiger partial charge on any atom is -0.388 e. The summed E-state index contributed by atoms with van der Waals surface area (Å²) in [6.45, 7) is 6.17. The van der Waals surface area contributed by atoms with Crippen molar-refractivity contribution in [2.75, 3.05) is 0 Å². The van der Waals surface area contributed by atoms with E-state index >= 15 is 0 Å². The Kier molecular flexibility index (Phi) is 4.15. The molecule has 1 atom stereocenters. The molecule has 0 aliphatic heterocycles. The molecule has 0 fully saturated rings. The number of nitrogens with zero attached hydrogens (tertiary/aromatic N) is 1. The summed E-state index contributed by atoms with van der Waals surface area (Å²) in [5.74, 6) is 0. The number of aliphatic hydroxyl groups is 1. The van der Waals surface area contributed by atoms with Crippen LogP contribution in [0.1, 0.15) is 39.9 Å². The van der Waals surface area contributed by atoms with Crippen LogP contribution in [0.3, 0.4) is 0 Å². The average molecular weight is 261 g/mol. The predicted molar refractivity (Wildman–Crippen MR) is 76.0 cm³/mol. The zero-order valence-electron chi connectivity index (χ0n) is 11.1. The quantitative estimate of drug-likeness (QED) is 0.909. The maximum absolute atomic E-state index is 10.2. The van der Waals surface area contributed by atoms with Crippen LogP contribution in [0.4, 0.5) is 0 Å². The molecule has 0 bridgehead atoms. The first kappa shape index (κ1) is 13.2. The Morgan fingerprint density at radius 1 is 1.22 bits per heavy atom. The Morgan fingerprint density at radius 2 is 2.00 bits per heavy atom. The molecule has 0 aliphatic rings. The van der Waals surface area contributed by atoms with Crippen LogP contribution in [0.15, 0.2) is 23.6 Å². The molecule has 0 saturated heterocycles. The monoisotopic (exact) mass is 261 g/mol. The van der Waals surface area contributed by atoms with Crippen LogP contribution >= 0.6 is 11.3 Å². The van der Waals surface area contributed by atoms with Crippen molar-refractivity contribution in [3.8, 4) is 0 Å². The van der Waals surface area contributed by atoms with E-state index in [4.69, 9.17) is 0 Å². The highest BCUT2D eigenvalue weighted by Crippen LogP contribution is 2.22. The average Bonchev–Trinajstić information content (AvgIpc) is 2.75. The van der Waals surface area contributed by atoms with E-state index in [0.29, 0.717) is 0 Å². The zero-order chi connectivity index (χ0) is 13.1. The molecule has 2 nitrogen and oxygen atoms in total. The maximum Gasteiger partial charge on any atom is 0.0929 e. The van der Waals surface area contributed by atoms with Crippen LogP contribution in [0.5, 0.6) is 0 Å². The Balaban J connectivity index is 1.99. The van der Waals surface area contributed by atoms with Crippen molar-refractivity contribution in [2.45, 2.75) is 39.7 Å². The fourth-order valence-corrected chi connectivity index (χ4v) is 2.71. The lowest BCUT2D eigenvalue weighted by atomic mass is 10.0. The number of aryl methyl sites for hydroxylation is 4. The first-order chi connectivity index (χ1) is 8.56. The molecule has 0 saturated carbocycles. The van der Waals surface area contributed by atoms with E-state index in [-0.39, 0.29) is 0 Å². The number of hydrogen-bond donors (Lipinski definition) is 1. The van der Waals surface area contributed by atoms with Crippen LogP contribution in [-0.4, -0.2) is 10.1 Å². The van der Waals surface area contributed by atoms with Crippen molar-refractivity contribution in [3.05, 3.63) is 51.0 Å². The third kappa shape index (κ3) is 3.18. The smallest absolute Gasteiger partial charge is 0.0929 e. The summed E-state index contributed by atoms with van der Waals surface area (Å²) in [4.78, 5) is 4.42. The molecular weight excluding hydrogens is 242 g/mol. The highest BCUT2D eigenvalue weighted by Gasteiger charge is 2.10. The summed E-state index contributed by atoms with van der Waals surface area (Å²) in [7, 11) is 0. The molecule has 0 amide bonds. The molecular formula is C15H19NOS. The lowest BCUT2D eigenvalue weighted by Crippen LogP contribution is -2.00. The number of thiazole rings is 1. The molecule has 3 heteroatoms. The van der Waals surface area contributed by atoms with Gasteiger partial charge in [-0.15, -0.1) is 11.3 Å². The van der Waals surface area contributed by atoms with Gasteiger partial charge in [0.25, 0.3) is 0 Å². The van der Waals surface area contributed by atoms with Crippen LogP contribution in [0, 0.1) is 20.8 Å². The predicted octanol–water partition coefficient (Wildman–Crippen LogP) is 3.73. The summed E-state index contributed by atoms with van der Waals surface area (Å²) in [5.41, 5.74) is 4.57. The number of hydrogen-bond acceptors (Lipinski definition) is 3. The van der Waals surface area contributed by atoms with Crippen LogP contribution in [0.25, 0.3) is 0 Å². The molecule has 1 aromatic heterocycles. The van der Waals surface area contributed by atoms with Crippen molar-refractivity contribution >= 4 is 11.3 Å². The van der Waals surface area contributed by atoms with Gasteiger partial charge < -0.3 is 5.11 Å². The van der Waals surface area contributed by atoms with Gasteiger partial charge in [-0.05, 0) is 43.9 Å². The molecule has 1 N–H and O–H groups in total. The third-order valence-electron chi connectivity index (χ3n) is 3.21. The van der Waals surface area contributed by atoms with Crippen molar-refractivity contribution in [3.63, 3.8) is 0 Å². The van der Waals surface area contributed by atoms with Crippen LogP contribution in [0.2, 0.25) is 0 Å². The second-order valence-corrected chi connectivity index (χ2v) is 5.72. The zero-order valence-corrected chi connectivity index (χ0v) is 11.9. The molecule has 2 rings (SSSR count). The van der Waals surface area contributed by atoms with Gasteiger partial charge in [-0.25, -0.2) is 4.98 Å². The molecule has 96 valence electrons. The standard InChI is InChI=1S/C15H19NOS/c1-10-4-5-13(8-11(10)2)14(17)6-7-15-16-12(3)9-18-15/h4-5,8-9,14,17H,6-7H2,1-3H3. The second-order valence-electron chi connectivity index (χ2n) is 4.78. The first-order valence-electron chi connectivity index (χ1n) is 6.22. The van der Waals surface area contributed by atoms with Crippen LogP contribution in [-0.2, 0) is 6.42 Å². The Hall–Kier alpha value is -1.19. The summed E-state index contributed by atoms with van der Waals surface area (Å²) >= 11 is 1.67. The third-order valence-corrected chi connectivity index (χ3v) is 4.24. The minimum absolute atomic E-state index is 0.395. The maximum atomic E-state index is 10.2. The van der Waals surface area contributed by atoms with Gasteiger partial charge in [-0.1, -0.05) is 18.2 Å². The Labute approximate surface area is 112 Å². The highest BCUT2D eigenvalue weighted by molar-refractivity contribution is 7.09. The largest absolute Gasteiger partial charge is 0.388 e. The summed E-state index contributed by atoms with van der Waals surface area (Å²) in [6, 6.07) is 6.16. The molecule has 18 heavy (non-hydrogen) atoms. The lowest BCUT2D eigenvalue weighted by Gasteiger charge is -2.12. The van der Waals surface area contributed by atoms with E-state index in [0.717, 1.165) is 29.1 Å². The van der Waals surface area contributed by atoms with E-state index in [2.05, 4.69) is 36.3 Å². The van der Waals surface area contributed by atoms with Crippen molar-refractivity contribution in [1.29, 1.82) is 0 Å². The molecule has 1 aromatic carbocycles. The normalized spacial score (nSPS) is 12.7. The summed E-state index contributed by atoms with van der Waals surface area (Å²) in [5, 5.41) is 13.3.